The molecule has 3 N–H and O–H groups in total. The Morgan fingerprint density at radius 2 is 2.00 bits per heavy atom. The predicted molar refractivity (Wildman–Crippen MR) is 138 cm³/mol. The molecule has 10 nitrogen and oxygen atoms in total. The summed E-state index contributed by atoms with van der Waals surface area (Å²) in [7, 11) is 0. The van der Waals surface area contributed by atoms with Gasteiger partial charge in [-0.1, -0.05) is 28.4 Å². The van der Waals surface area contributed by atoms with Crippen LogP contribution in [0.4, 0.5) is 5.82 Å². The van der Waals surface area contributed by atoms with Gasteiger partial charge in [-0.15, -0.1) is 5.10 Å². The third-order valence-electron chi connectivity index (χ3n) is 6.31. The molecule has 12 heteroatoms. The van der Waals surface area contributed by atoms with Crippen molar-refractivity contribution in [2.75, 3.05) is 5.73 Å². The zero-order valence-corrected chi connectivity index (χ0v) is 20.6. The van der Waals surface area contributed by atoms with Crippen molar-refractivity contribution in [1.82, 2.24) is 34.5 Å². The van der Waals surface area contributed by atoms with Gasteiger partial charge >= 0.3 is 0 Å². The van der Waals surface area contributed by atoms with Crippen LogP contribution in [0.3, 0.4) is 0 Å². The van der Waals surface area contributed by atoms with Crippen LogP contribution in [0.25, 0.3) is 28.1 Å². The number of nitrogens with one attached hydrogen (secondary N) is 1. The van der Waals surface area contributed by atoms with Gasteiger partial charge < -0.3 is 15.3 Å². The number of halogens is 2. The largest absolute Gasteiger partial charge is 0.384 e. The number of fused-ring (bicyclic) bond motifs is 1. The van der Waals surface area contributed by atoms with Gasteiger partial charge in [0, 0.05) is 34.1 Å². The fourth-order valence-corrected chi connectivity index (χ4v) is 5.07. The summed E-state index contributed by atoms with van der Waals surface area (Å²) < 4.78 is 3.23. The summed E-state index contributed by atoms with van der Waals surface area (Å²) in [6.07, 6.45) is 4.49. The summed E-state index contributed by atoms with van der Waals surface area (Å²) >= 11 is 12.8. The number of aryl methyl sites for hydroxylation is 1. The number of hydrogen-bond acceptors (Lipinski definition) is 7. The quantitative estimate of drug-likeness (QED) is 0.355. The minimum atomic E-state index is -0.295. The Labute approximate surface area is 219 Å². The second-order valence-electron chi connectivity index (χ2n) is 8.58. The second-order valence-corrected chi connectivity index (χ2v) is 9.39. The zero-order valence-electron chi connectivity index (χ0n) is 19.1. The highest BCUT2D eigenvalue weighted by Gasteiger charge is 2.29. The summed E-state index contributed by atoms with van der Waals surface area (Å²) in [4.78, 5) is 25.4. The van der Waals surface area contributed by atoms with E-state index < -0.39 is 0 Å². The highest BCUT2D eigenvalue weighted by atomic mass is 35.5. The number of hydrogen-bond donors (Lipinski definition) is 2. The molecule has 0 aliphatic carbocycles. The predicted octanol–water partition coefficient (Wildman–Crippen LogP) is 4.18. The van der Waals surface area contributed by atoms with Crippen LogP contribution in [-0.2, 0) is 6.42 Å². The molecule has 1 atom stereocenters. The molecule has 0 unspecified atom stereocenters. The molecule has 1 aliphatic heterocycles. The molecule has 0 fully saturated rings. The van der Waals surface area contributed by atoms with Crippen LogP contribution in [-0.4, -0.2) is 34.5 Å². The number of pyridine rings is 2. The Bertz CT molecular complexity index is 1760. The van der Waals surface area contributed by atoms with Crippen LogP contribution >= 0.6 is 23.2 Å². The van der Waals surface area contributed by atoms with E-state index >= 15 is 0 Å². The Hall–Kier alpha value is -4.46. The number of nitriles is 1. The first kappa shape index (κ1) is 23.0. The van der Waals surface area contributed by atoms with Crippen LogP contribution in [0, 0.1) is 11.3 Å². The first-order valence-corrected chi connectivity index (χ1v) is 12.0. The SMILES string of the molecule is N#Cc1cn(-c2ccc(Cl)cc2-c2cc3n(c(=O)c2)[C@H](c2nc(-c4ccc(N)nc4)c(Cl)[nH]2)CC3)nn1. The minimum absolute atomic E-state index is 0.180. The molecule has 5 heterocycles. The third kappa shape index (κ3) is 4.04. The second kappa shape index (κ2) is 8.89. The van der Waals surface area contributed by atoms with E-state index in [4.69, 9.17) is 39.2 Å². The fraction of sp³-hybridized carbons (Fsp3) is 0.120. The summed E-state index contributed by atoms with van der Waals surface area (Å²) in [5.74, 6) is 1.00. The molecule has 0 amide bonds. The van der Waals surface area contributed by atoms with Crippen molar-refractivity contribution < 1.29 is 0 Å². The van der Waals surface area contributed by atoms with Gasteiger partial charge in [0.2, 0.25) is 0 Å². The molecule has 6 rings (SSSR count). The normalized spacial score (nSPS) is 14.5. The number of H-pyrrole nitrogens is 1. The summed E-state index contributed by atoms with van der Waals surface area (Å²) in [6.45, 7) is 0. The average Bonchev–Trinajstić information content (AvgIpc) is 3.63. The zero-order chi connectivity index (χ0) is 25.7. The molecule has 0 saturated carbocycles. The van der Waals surface area contributed by atoms with Crippen molar-refractivity contribution in [1.29, 1.82) is 5.26 Å². The number of aromatic nitrogens is 7. The summed E-state index contributed by atoms with van der Waals surface area (Å²) in [5, 5.41) is 17.9. The lowest BCUT2D eigenvalue weighted by Crippen LogP contribution is -2.24. The molecule has 182 valence electrons. The van der Waals surface area contributed by atoms with Crippen LogP contribution in [0.5, 0.6) is 0 Å². The third-order valence-corrected chi connectivity index (χ3v) is 6.82. The van der Waals surface area contributed by atoms with Crippen LogP contribution in [0.15, 0.2) is 59.7 Å². The molecule has 1 aromatic carbocycles. The van der Waals surface area contributed by atoms with Gasteiger partial charge in [0.05, 0.1) is 17.9 Å². The van der Waals surface area contributed by atoms with Gasteiger partial charge in [0.1, 0.15) is 28.6 Å². The molecular formula is C25H17Cl2N9O. The standard InChI is InChI=1S/C25H17Cl2N9O/c26-15-2-4-19(35-12-16(10-28)33-34-35)18(9-15)14-7-17-3-5-20(36(17)22(37)8-14)25-31-23(24(27)32-25)13-1-6-21(29)30-11-13/h1-2,4,6-9,11-12,20H,3,5H2,(H2,29,30)(H,31,32)/t20-/m0/s1. The Morgan fingerprint density at radius 3 is 2.76 bits per heavy atom. The van der Waals surface area contributed by atoms with Crippen molar-refractivity contribution in [3.05, 3.63) is 92.6 Å². The number of benzene rings is 1. The smallest absolute Gasteiger partial charge is 0.252 e. The first-order chi connectivity index (χ1) is 17.9. The van der Waals surface area contributed by atoms with Gasteiger partial charge in [-0.05, 0) is 54.8 Å². The molecule has 0 radical (unpaired) electrons. The number of imidazole rings is 1. The fourth-order valence-electron chi connectivity index (χ4n) is 4.65. The Balaban J connectivity index is 1.40. The lowest BCUT2D eigenvalue weighted by Gasteiger charge is -2.15. The van der Waals surface area contributed by atoms with Crippen LogP contribution in [0.2, 0.25) is 10.2 Å². The van der Waals surface area contributed by atoms with Crippen molar-refractivity contribution in [2.24, 2.45) is 0 Å². The van der Waals surface area contributed by atoms with Crippen LogP contribution < -0.4 is 11.3 Å². The van der Waals surface area contributed by atoms with E-state index in [1.807, 2.05) is 12.1 Å². The number of nitrogens with two attached hydrogens (primary N) is 1. The van der Waals surface area contributed by atoms with Crippen molar-refractivity contribution in [3.63, 3.8) is 0 Å². The Morgan fingerprint density at radius 1 is 1.14 bits per heavy atom. The topological polar surface area (TPSA) is 144 Å². The van der Waals surface area contributed by atoms with E-state index in [2.05, 4.69) is 20.3 Å². The van der Waals surface area contributed by atoms with E-state index in [0.717, 1.165) is 11.3 Å². The average molecular weight is 530 g/mol. The van der Waals surface area contributed by atoms with E-state index in [-0.39, 0.29) is 17.3 Å². The maximum Gasteiger partial charge on any atom is 0.252 e. The number of anilines is 1. The first-order valence-electron chi connectivity index (χ1n) is 11.3. The molecule has 4 aromatic heterocycles. The lowest BCUT2D eigenvalue weighted by molar-refractivity contribution is 0.572. The number of nitrogens with zero attached hydrogens (tertiary/aromatic N) is 7. The molecule has 0 spiro atoms. The highest BCUT2D eigenvalue weighted by molar-refractivity contribution is 6.32. The van der Waals surface area contributed by atoms with Gasteiger partial charge in [0.25, 0.3) is 5.56 Å². The van der Waals surface area contributed by atoms with E-state index in [1.54, 1.807) is 47.2 Å². The number of nitrogen functional groups attached to an aromatic ring is 1. The highest BCUT2D eigenvalue weighted by Crippen LogP contribution is 2.36. The van der Waals surface area contributed by atoms with Crippen molar-refractivity contribution in [3.8, 4) is 34.1 Å². The molecule has 0 saturated heterocycles. The molecule has 37 heavy (non-hydrogen) atoms. The van der Waals surface area contributed by atoms with E-state index in [1.165, 1.54) is 10.9 Å². The monoisotopic (exact) mass is 529 g/mol. The van der Waals surface area contributed by atoms with E-state index in [0.29, 0.717) is 57.2 Å². The van der Waals surface area contributed by atoms with Gasteiger partial charge in [0.15, 0.2) is 5.69 Å². The Kier molecular flexibility index (Phi) is 5.52. The molecule has 5 aromatic rings. The number of rotatable bonds is 4. The molecule has 0 bridgehead atoms. The number of aromatic amines is 1. The van der Waals surface area contributed by atoms with E-state index in [9.17, 15) is 4.79 Å². The van der Waals surface area contributed by atoms with Crippen molar-refractivity contribution >= 4 is 29.0 Å². The van der Waals surface area contributed by atoms with Crippen LogP contribution in [0.1, 0.15) is 29.7 Å². The molecule has 1 aliphatic rings. The summed E-state index contributed by atoms with van der Waals surface area (Å²) in [6, 6.07) is 13.9. The lowest BCUT2D eigenvalue weighted by atomic mass is 10.0. The minimum Gasteiger partial charge on any atom is -0.384 e. The maximum absolute atomic E-state index is 13.4. The summed E-state index contributed by atoms with van der Waals surface area (Å²) in [5.41, 5.74) is 9.87. The molecular weight excluding hydrogens is 513 g/mol. The van der Waals surface area contributed by atoms with Gasteiger partial charge in [-0.25, -0.2) is 14.6 Å². The van der Waals surface area contributed by atoms with Gasteiger partial charge in [-0.2, -0.15) is 5.26 Å². The maximum atomic E-state index is 13.4. The van der Waals surface area contributed by atoms with Crippen molar-refractivity contribution in [2.45, 2.75) is 18.9 Å². The van der Waals surface area contributed by atoms with Gasteiger partial charge in [-0.3, -0.25) is 4.79 Å².